The summed E-state index contributed by atoms with van der Waals surface area (Å²) in [7, 11) is -4.36. The SMILES string of the molecule is CCOC(=O)[C@@H](OS(=O)(=O)c1ccc(C)cc1)[C@](C)(O)CCNC(=O)OC(C)(C)C. The third-order valence-corrected chi connectivity index (χ3v) is 5.19. The molecule has 0 heterocycles. The van der Waals surface area contributed by atoms with Crippen molar-refractivity contribution in [2.45, 2.75) is 70.2 Å². The molecule has 10 heteroatoms. The maximum absolute atomic E-state index is 12.6. The fourth-order valence-electron chi connectivity index (χ4n) is 2.36. The van der Waals surface area contributed by atoms with Gasteiger partial charge in [0.25, 0.3) is 10.1 Å². The summed E-state index contributed by atoms with van der Waals surface area (Å²) in [5.41, 5.74) is -1.82. The van der Waals surface area contributed by atoms with Crippen LogP contribution < -0.4 is 5.32 Å². The minimum atomic E-state index is -4.36. The predicted molar refractivity (Wildman–Crippen MR) is 109 cm³/mol. The molecule has 0 spiro atoms. The fourth-order valence-corrected chi connectivity index (χ4v) is 3.48. The second-order valence-corrected chi connectivity index (χ2v) is 9.60. The third-order valence-electron chi connectivity index (χ3n) is 3.90. The largest absolute Gasteiger partial charge is 0.464 e. The molecular weight excluding hydrogens is 414 g/mol. The van der Waals surface area contributed by atoms with Crippen LogP contribution in [0, 0.1) is 6.92 Å². The molecule has 0 unspecified atom stereocenters. The van der Waals surface area contributed by atoms with Gasteiger partial charge in [-0.15, -0.1) is 0 Å². The minimum Gasteiger partial charge on any atom is -0.464 e. The van der Waals surface area contributed by atoms with Crippen LogP contribution in [0.4, 0.5) is 4.79 Å². The number of amides is 1. The van der Waals surface area contributed by atoms with Crippen LogP contribution in [0.25, 0.3) is 0 Å². The third kappa shape index (κ3) is 8.29. The van der Waals surface area contributed by atoms with E-state index in [0.717, 1.165) is 5.56 Å². The molecule has 0 fully saturated rings. The van der Waals surface area contributed by atoms with Gasteiger partial charge in [0.2, 0.25) is 6.10 Å². The fraction of sp³-hybridized carbons (Fsp3) is 0.600. The lowest BCUT2D eigenvalue weighted by molar-refractivity contribution is -0.164. The summed E-state index contributed by atoms with van der Waals surface area (Å²) in [6, 6.07) is 5.84. The minimum absolute atomic E-state index is 0.0322. The number of aliphatic hydroxyl groups is 1. The van der Waals surface area contributed by atoms with E-state index in [9.17, 15) is 23.1 Å². The van der Waals surface area contributed by atoms with Crippen LogP contribution in [0.3, 0.4) is 0 Å². The van der Waals surface area contributed by atoms with E-state index < -0.39 is 39.5 Å². The van der Waals surface area contributed by atoms with Crippen LogP contribution in [-0.4, -0.2) is 56.0 Å². The summed E-state index contributed by atoms with van der Waals surface area (Å²) in [6.07, 6.45) is -2.73. The van der Waals surface area contributed by atoms with Crippen molar-refractivity contribution in [3.63, 3.8) is 0 Å². The van der Waals surface area contributed by atoms with E-state index in [0.29, 0.717) is 0 Å². The lowest BCUT2D eigenvalue weighted by Gasteiger charge is -2.30. The molecule has 2 N–H and O–H groups in total. The molecule has 0 saturated heterocycles. The maximum Gasteiger partial charge on any atom is 0.407 e. The van der Waals surface area contributed by atoms with E-state index in [-0.39, 0.29) is 24.5 Å². The molecule has 30 heavy (non-hydrogen) atoms. The number of nitrogens with one attached hydrogen (secondary N) is 1. The van der Waals surface area contributed by atoms with E-state index in [1.807, 2.05) is 0 Å². The summed E-state index contributed by atoms with van der Waals surface area (Å²) in [5, 5.41) is 13.2. The van der Waals surface area contributed by atoms with E-state index >= 15 is 0 Å². The molecule has 0 radical (unpaired) electrons. The lowest BCUT2D eigenvalue weighted by atomic mass is 9.95. The van der Waals surface area contributed by atoms with Crippen LogP contribution in [0.5, 0.6) is 0 Å². The van der Waals surface area contributed by atoms with Gasteiger partial charge in [0.15, 0.2) is 0 Å². The maximum atomic E-state index is 12.6. The molecule has 0 aliphatic rings. The van der Waals surface area contributed by atoms with Gasteiger partial charge in [-0.05, 0) is 60.1 Å². The average Bonchev–Trinajstić information content (AvgIpc) is 2.58. The van der Waals surface area contributed by atoms with Crippen LogP contribution >= 0.6 is 0 Å². The molecule has 0 aliphatic carbocycles. The van der Waals surface area contributed by atoms with Crippen molar-refractivity contribution < 1.29 is 36.8 Å². The number of carbonyl (C=O) groups excluding carboxylic acids is 2. The average molecular weight is 446 g/mol. The Hall–Kier alpha value is -2.17. The zero-order valence-corrected chi connectivity index (χ0v) is 19.0. The lowest BCUT2D eigenvalue weighted by Crippen LogP contribution is -2.50. The van der Waals surface area contributed by atoms with Crippen molar-refractivity contribution in [3.05, 3.63) is 29.8 Å². The van der Waals surface area contributed by atoms with Gasteiger partial charge >= 0.3 is 12.1 Å². The van der Waals surface area contributed by atoms with E-state index in [2.05, 4.69) is 5.32 Å². The van der Waals surface area contributed by atoms with E-state index in [1.165, 1.54) is 19.1 Å². The predicted octanol–water partition coefficient (Wildman–Crippen LogP) is 2.30. The van der Waals surface area contributed by atoms with E-state index in [1.54, 1.807) is 46.8 Å². The molecule has 1 aromatic rings. The summed E-state index contributed by atoms with van der Waals surface area (Å²) in [6.45, 7) is 9.54. The van der Waals surface area contributed by atoms with Gasteiger partial charge in [0.1, 0.15) is 11.2 Å². The van der Waals surface area contributed by atoms with Gasteiger partial charge in [-0.25, -0.2) is 13.8 Å². The zero-order valence-electron chi connectivity index (χ0n) is 18.2. The van der Waals surface area contributed by atoms with Crippen molar-refractivity contribution in [3.8, 4) is 0 Å². The number of alkyl carbamates (subject to hydrolysis) is 1. The van der Waals surface area contributed by atoms with Gasteiger partial charge in [0.05, 0.1) is 11.5 Å². The first-order valence-electron chi connectivity index (χ1n) is 9.54. The molecule has 9 nitrogen and oxygen atoms in total. The zero-order chi connectivity index (χ0) is 23.2. The van der Waals surface area contributed by atoms with E-state index in [4.69, 9.17) is 13.7 Å². The van der Waals surface area contributed by atoms with Gasteiger partial charge in [-0.1, -0.05) is 17.7 Å². The van der Waals surface area contributed by atoms with Crippen LogP contribution in [-0.2, 0) is 28.6 Å². The topological polar surface area (TPSA) is 128 Å². The molecule has 1 aromatic carbocycles. The Morgan fingerprint density at radius 3 is 2.20 bits per heavy atom. The first-order valence-corrected chi connectivity index (χ1v) is 10.9. The second kappa shape index (κ2) is 10.2. The molecule has 0 saturated carbocycles. The van der Waals surface area contributed by atoms with Gasteiger partial charge in [-0.2, -0.15) is 8.42 Å². The van der Waals surface area contributed by atoms with Gasteiger partial charge in [0, 0.05) is 6.54 Å². The summed E-state index contributed by atoms with van der Waals surface area (Å²) in [5.74, 6) is -1.03. The van der Waals surface area contributed by atoms with Gasteiger partial charge in [-0.3, -0.25) is 0 Å². The van der Waals surface area contributed by atoms with Crippen molar-refractivity contribution in [1.82, 2.24) is 5.32 Å². The van der Waals surface area contributed by atoms with Crippen molar-refractivity contribution in [1.29, 1.82) is 0 Å². The quantitative estimate of drug-likeness (QED) is 0.438. The second-order valence-electron chi connectivity index (χ2n) is 8.03. The highest BCUT2D eigenvalue weighted by molar-refractivity contribution is 7.86. The summed E-state index contributed by atoms with van der Waals surface area (Å²) >= 11 is 0. The van der Waals surface area contributed by atoms with Crippen LogP contribution in [0.15, 0.2) is 29.2 Å². The molecule has 2 atom stereocenters. The monoisotopic (exact) mass is 445 g/mol. The highest BCUT2D eigenvalue weighted by atomic mass is 32.2. The number of carbonyl (C=O) groups is 2. The molecular formula is C20H31NO8S. The number of hydrogen-bond acceptors (Lipinski definition) is 8. The highest BCUT2D eigenvalue weighted by Gasteiger charge is 2.43. The molecule has 170 valence electrons. The number of ether oxygens (including phenoxy) is 2. The number of aryl methyl sites for hydroxylation is 1. The first kappa shape index (κ1) is 25.9. The number of benzene rings is 1. The molecule has 1 amide bonds. The van der Waals surface area contributed by atoms with Crippen molar-refractivity contribution in [2.75, 3.05) is 13.2 Å². The Morgan fingerprint density at radius 2 is 1.70 bits per heavy atom. The number of rotatable bonds is 9. The van der Waals surface area contributed by atoms with Gasteiger partial charge < -0.3 is 19.9 Å². The number of hydrogen-bond donors (Lipinski definition) is 2. The standard InChI is InChI=1S/C20H31NO8S/c1-7-27-17(22)16(29-30(25,26)15-10-8-14(2)9-11-15)20(6,24)12-13-21-18(23)28-19(3,4)5/h8-11,16,24H,7,12-13H2,1-6H3,(H,21,23)/t16-,20-/m1/s1. The first-order chi connectivity index (χ1) is 13.7. The van der Waals surface area contributed by atoms with Crippen LogP contribution in [0.1, 0.15) is 46.6 Å². The normalized spacial score (nSPS) is 15.0. The number of esters is 1. The van der Waals surface area contributed by atoms with Crippen molar-refractivity contribution >= 4 is 22.2 Å². The Kier molecular flexibility index (Phi) is 8.82. The highest BCUT2D eigenvalue weighted by Crippen LogP contribution is 2.24. The van der Waals surface area contributed by atoms with Crippen molar-refractivity contribution in [2.24, 2.45) is 0 Å². The smallest absolute Gasteiger partial charge is 0.407 e. The molecule has 0 aliphatic heterocycles. The summed E-state index contributed by atoms with van der Waals surface area (Å²) < 4.78 is 40.3. The van der Waals surface area contributed by atoms with Crippen LogP contribution in [0.2, 0.25) is 0 Å². The Balaban J connectivity index is 2.96. The molecule has 0 aromatic heterocycles. The molecule has 1 rings (SSSR count). The summed E-state index contributed by atoms with van der Waals surface area (Å²) in [4.78, 5) is 24.0. The molecule has 0 bridgehead atoms. The Bertz CT molecular complexity index is 825. The Morgan fingerprint density at radius 1 is 1.13 bits per heavy atom. The Labute approximate surface area is 177 Å².